The van der Waals surface area contributed by atoms with Crippen molar-refractivity contribution in [3.05, 3.63) is 0 Å². The maximum atomic E-state index is 11.4. The van der Waals surface area contributed by atoms with Crippen LogP contribution in [0.3, 0.4) is 0 Å². The normalized spacial score (nSPS) is 40.6. The molecule has 0 aromatic rings. The Hall–Kier alpha value is -1.38. The van der Waals surface area contributed by atoms with Crippen molar-refractivity contribution in [1.29, 1.82) is 0 Å². The van der Waals surface area contributed by atoms with E-state index in [1.54, 1.807) is 0 Å². The summed E-state index contributed by atoms with van der Waals surface area (Å²) in [7, 11) is 0. The molecule has 0 aromatic carbocycles. The first-order valence-corrected chi connectivity index (χ1v) is 13.0. The number of fused-ring (bicyclic) bond motifs is 2. The standard InChI is InChI=1S/2C12H21NO5/c2*1-2-3-9(15)18-8-6-13-5-4-7(14)10(13)12(17)11(8)16/h2*7-8,10-12,14,16-17H,2-6H2,1H3/t2*7-,8-,10+,11+,12+/m00/s1. The third-order valence-corrected chi connectivity index (χ3v) is 7.52. The van der Waals surface area contributed by atoms with Gasteiger partial charge in [0.25, 0.3) is 0 Å². The Labute approximate surface area is 211 Å². The molecule has 4 aliphatic rings. The molecule has 36 heavy (non-hydrogen) atoms. The number of hydrogen-bond donors (Lipinski definition) is 6. The van der Waals surface area contributed by atoms with Gasteiger partial charge in [-0.1, -0.05) is 13.8 Å². The molecule has 4 rings (SSSR count). The predicted octanol–water partition coefficient (Wildman–Crippen LogP) is -2.26. The second-order valence-electron chi connectivity index (χ2n) is 10.2. The van der Waals surface area contributed by atoms with E-state index >= 15 is 0 Å². The Morgan fingerprint density at radius 2 is 1.03 bits per heavy atom. The van der Waals surface area contributed by atoms with E-state index in [-0.39, 0.29) is 11.9 Å². The first-order chi connectivity index (χ1) is 17.1. The van der Waals surface area contributed by atoms with Gasteiger partial charge in [-0.15, -0.1) is 0 Å². The maximum Gasteiger partial charge on any atom is 0.306 e. The lowest BCUT2D eigenvalue weighted by atomic mass is 9.93. The van der Waals surface area contributed by atoms with Crippen LogP contribution in [0.5, 0.6) is 0 Å². The number of aliphatic hydroxyl groups is 6. The smallest absolute Gasteiger partial charge is 0.306 e. The summed E-state index contributed by atoms with van der Waals surface area (Å²) in [4.78, 5) is 26.6. The molecule has 0 radical (unpaired) electrons. The molecule has 4 aliphatic heterocycles. The molecule has 0 aliphatic carbocycles. The topological polar surface area (TPSA) is 180 Å². The minimum atomic E-state index is -1.13. The van der Waals surface area contributed by atoms with Gasteiger partial charge in [-0.25, -0.2) is 0 Å². The summed E-state index contributed by atoms with van der Waals surface area (Å²) < 4.78 is 10.4. The molecule has 0 spiro atoms. The molecule has 10 atom stereocenters. The average molecular weight is 519 g/mol. The number of ether oxygens (including phenoxy) is 2. The summed E-state index contributed by atoms with van der Waals surface area (Å²) in [5.74, 6) is -0.709. The number of aliphatic hydroxyl groups excluding tert-OH is 6. The highest BCUT2D eigenvalue weighted by Gasteiger charge is 2.50. The number of nitrogens with zero attached hydrogens (tertiary/aromatic N) is 2. The van der Waals surface area contributed by atoms with Gasteiger partial charge in [0.15, 0.2) is 0 Å². The lowest BCUT2D eigenvalue weighted by Gasteiger charge is -2.42. The monoisotopic (exact) mass is 518 g/mol. The molecule has 6 N–H and O–H groups in total. The van der Waals surface area contributed by atoms with Crippen LogP contribution in [0.2, 0.25) is 0 Å². The molecule has 12 heteroatoms. The SMILES string of the molecule is CCCC(=O)O[C@H]1CN2CC[C@H](O)[C@@H]2[C@@H](O)[C@@H]1O.CCCC(=O)O[C@H]1CN2CC[C@H](O)[C@@H]2[C@@H](O)[C@@H]1O. The van der Waals surface area contributed by atoms with Crippen molar-refractivity contribution in [2.24, 2.45) is 0 Å². The van der Waals surface area contributed by atoms with E-state index in [1.165, 1.54) is 0 Å². The zero-order valence-corrected chi connectivity index (χ0v) is 21.1. The highest BCUT2D eigenvalue weighted by Crippen LogP contribution is 2.30. The molecule has 0 bridgehead atoms. The van der Waals surface area contributed by atoms with E-state index in [0.717, 1.165) is 0 Å². The molecule has 4 heterocycles. The first kappa shape index (κ1) is 29.2. The van der Waals surface area contributed by atoms with Gasteiger partial charge < -0.3 is 40.1 Å². The molecule has 0 aromatic heterocycles. The number of carbonyl (C=O) groups excluding carboxylic acids is 2. The van der Waals surface area contributed by atoms with Crippen LogP contribution in [0, 0.1) is 0 Å². The molecule has 12 nitrogen and oxygen atoms in total. The first-order valence-electron chi connectivity index (χ1n) is 13.0. The third-order valence-electron chi connectivity index (χ3n) is 7.52. The summed E-state index contributed by atoms with van der Waals surface area (Å²) in [6.45, 7) is 5.79. The van der Waals surface area contributed by atoms with Gasteiger partial charge in [-0.2, -0.15) is 0 Å². The van der Waals surface area contributed by atoms with Crippen molar-refractivity contribution in [3.63, 3.8) is 0 Å². The van der Waals surface area contributed by atoms with E-state index in [4.69, 9.17) is 9.47 Å². The van der Waals surface area contributed by atoms with Crippen molar-refractivity contribution < 1.29 is 49.7 Å². The Bertz CT molecular complexity index is 682. The van der Waals surface area contributed by atoms with Crippen LogP contribution in [-0.4, -0.2) is 139 Å². The number of piperidine rings is 2. The molecule has 4 fully saturated rings. The van der Waals surface area contributed by atoms with E-state index in [2.05, 4.69) is 0 Å². The third kappa shape index (κ3) is 6.54. The zero-order valence-electron chi connectivity index (χ0n) is 21.1. The molecular weight excluding hydrogens is 476 g/mol. The molecule has 4 saturated heterocycles. The van der Waals surface area contributed by atoms with Gasteiger partial charge in [0.05, 0.1) is 24.3 Å². The Balaban J connectivity index is 0.000000201. The summed E-state index contributed by atoms with van der Waals surface area (Å²) in [6, 6.07) is -0.887. The molecule has 0 saturated carbocycles. The molecular formula is C24H42N2O10. The minimum Gasteiger partial charge on any atom is -0.458 e. The lowest BCUT2D eigenvalue weighted by molar-refractivity contribution is -0.179. The fraction of sp³-hybridized carbons (Fsp3) is 0.917. The van der Waals surface area contributed by atoms with Crippen LogP contribution in [0.1, 0.15) is 52.4 Å². The van der Waals surface area contributed by atoms with Crippen LogP contribution in [0.4, 0.5) is 0 Å². The second-order valence-corrected chi connectivity index (χ2v) is 10.2. The number of esters is 2. The Kier molecular flexibility index (Phi) is 10.5. The summed E-state index contributed by atoms with van der Waals surface area (Å²) in [5, 5.41) is 59.4. The van der Waals surface area contributed by atoms with Crippen molar-refractivity contribution in [2.45, 2.75) is 113 Å². The highest BCUT2D eigenvalue weighted by atomic mass is 16.6. The lowest BCUT2D eigenvalue weighted by Crippen LogP contribution is -2.62. The summed E-state index contributed by atoms with van der Waals surface area (Å²) in [6.07, 6.45) is -3.91. The van der Waals surface area contributed by atoms with Crippen LogP contribution in [0.15, 0.2) is 0 Å². The maximum absolute atomic E-state index is 11.4. The van der Waals surface area contributed by atoms with Gasteiger partial charge in [0.1, 0.15) is 36.6 Å². The van der Waals surface area contributed by atoms with E-state index in [1.807, 2.05) is 23.6 Å². The number of hydrogen-bond acceptors (Lipinski definition) is 12. The van der Waals surface area contributed by atoms with Crippen LogP contribution < -0.4 is 0 Å². The van der Waals surface area contributed by atoms with Gasteiger partial charge in [0, 0.05) is 39.0 Å². The van der Waals surface area contributed by atoms with Crippen LogP contribution in [0.25, 0.3) is 0 Å². The second kappa shape index (κ2) is 12.9. The average Bonchev–Trinajstić information content (AvgIpc) is 3.38. The summed E-state index contributed by atoms with van der Waals surface area (Å²) in [5.41, 5.74) is 0. The van der Waals surface area contributed by atoms with Crippen molar-refractivity contribution in [2.75, 3.05) is 26.2 Å². The number of carbonyl (C=O) groups is 2. The van der Waals surface area contributed by atoms with Crippen molar-refractivity contribution in [3.8, 4) is 0 Å². The zero-order chi connectivity index (χ0) is 26.6. The van der Waals surface area contributed by atoms with Gasteiger partial charge in [-0.05, 0) is 25.7 Å². The molecule has 0 unspecified atom stereocenters. The van der Waals surface area contributed by atoms with E-state index in [9.17, 15) is 40.2 Å². The largest absolute Gasteiger partial charge is 0.458 e. The van der Waals surface area contributed by atoms with Crippen LogP contribution >= 0.6 is 0 Å². The van der Waals surface area contributed by atoms with Crippen molar-refractivity contribution >= 4 is 11.9 Å². The minimum absolute atomic E-state index is 0.311. The summed E-state index contributed by atoms with van der Waals surface area (Å²) >= 11 is 0. The van der Waals surface area contributed by atoms with Gasteiger partial charge in [0.2, 0.25) is 0 Å². The van der Waals surface area contributed by atoms with Gasteiger partial charge in [-0.3, -0.25) is 19.4 Å². The highest BCUT2D eigenvalue weighted by molar-refractivity contribution is 5.69. The van der Waals surface area contributed by atoms with Crippen LogP contribution in [-0.2, 0) is 19.1 Å². The van der Waals surface area contributed by atoms with E-state index < -0.39 is 60.9 Å². The quantitative estimate of drug-likeness (QED) is 0.208. The van der Waals surface area contributed by atoms with Crippen molar-refractivity contribution in [1.82, 2.24) is 9.80 Å². The Morgan fingerprint density at radius 3 is 1.36 bits per heavy atom. The fourth-order valence-corrected chi connectivity index (χ4v) is 5.64. The number of rotatable bonds is 6. The van der Waals surface area contributed by atoms with Gasteiger partial charge >= 0.3 is 11.9 Å². The fourth-order valence-electron chi connectivity index (χ4n) is 5.64. The Morgan fingerprint density at radius 1 is 0.667 bits per heavy atom. The molecule has 0 amide bonds. The van der Waals surface area contributed by atoms with E-state index in [0.29, 0.717) is 64.7 Å². The predicted molar refractivity (Wildman–Crippen MR) is 126 cm³/mol. The molecule has 208 valence electrons.